The van der Waals surface area contributed by atoms with Crippen molar-refractivity contribution in [2.24, 2.45) is 0 Å². The summed E-state index contributed by atoms with van der Waals surface area (Å²) in [5.41, 5.74) is 0. The zero-order valence-electron chi connectivity index (χ0n) is 5.30. The van der Waals surface area contributed by atoms with Crippen molar-refractivity contribution in [1.82, 2.24) is 0 Å². The first-order valence-corrected chi connectivity index (χ1v) is 2.61. The van der Waals surface area contributed by atoms with E-state index in [1.54, 1.807) is 13.8 Å². The molecule has 0 radical (unpaired) electrons. The summed E-state index contributed by atoms with van der Waals surface area (Å²) in [4.78, 5) is 0. The molecule has 1 heterocycles. The monoisotopic (exact) mass is 128 g/mol. The summed E-state index contributed by atoms with van der Waals surface area (Å²) < 4.78 is 4.84. The summed E-state index contributed by atoms with van der Waals surface area (Å²) >= 11 is 0. The summed E-state index contributed by atoms with van der Waals surface area (Å²) in [6.45, 7) is 3.17. The van der Waals surface area contributed by atoms with Gasteiger partial charge < -0.3 is 14.6 Å². The van der Waals surface area contributed by atoms with Crippen LogP contribution >= 0.6 is 0 Å². The molecule has 3 nitrogen and oxygen atoms in total. The highest BCUT2D eigenvalue weighted by molar-refractivity contribution is 5.42. The van der Waals surface area contributed by atoms with E-state index in [9.17, 15) is 0 Å². The van der Waals surface area contributed by atoms with E-state index in [0.717, 1.165) is 0 Å². The minimum Gasteiger partial charge on any atom is -0.502 e. The number of aromatic hydroxyl groups is 2. The van der Waals surface area contributed by atoms with E-state index in [4.69, 9.17) is 14.6 Å². The van der Waals surface area contributed by atoms with Crippen molar-refractivity contribution in [3.05, 3.63) is 11.5 Å². The van der Waals surface area contributed by atoms with E-state index >= 15 is 0 Å². The average Bonchev–Trinajstić information content (AvgIpc) is 1.98. The molecule has 0 aliphatic rings. The third-order valence-corrected chi connectivity index (χ3v) is 1.20. The topological polar surface area (TPSA) is 53.6 Å². The van der Waals surface area contributed by atoms with Gasteiger partial charge in [-0.3, -0.25) is 0 Å². The quantitative estimate of drug-likeness (QED) is 0.553. The summed E-state index contributed by atoms with van der Waals surface area (Å²) in [6.07, 6.45) is 0. The molecule has 0 atom stereocenters. The Morgan fingerprint density at radius 1 is 1.00 bits per heavy atom. The second kappa shape index (κ2) is 1.69. The lowest BCUT2D eigenvalue weighted by molar-refractivity contribution is 0.403. The molecule has 9 heavy (non-hydrogen) atoms. The summed E-state index contributed by atoms with van der Waals surface area (Å²) in [6, 6.07) is 0. The fourth-order valence-electron chi connectivity index (χ4n) is 0.660. The van der Waals surface area contributed by atoms with Crippen LogP contribution in [-0.4, -0.2) is 10.2 Å². The fourth-order valence-corrected chi connectivity index (χ4v) is 0.660. The van der Waals surface area contributed by atoms with Gasteiger partial charge in [0.2, 0.25) is 0 Å². The van der Waals surface area contributed by atoms with Gasteiger partial charge in [0.15, 0.2) is 11.5 Å². The Hall–Kier alpha value is -1.12. The highest BCUT2D eigenvalue weighted by atomic mass is 16.4. The number of rotatable bonds is 0. The fraction of sp³-hybridized carbons (Fsp3) is 0.333. The molecular formula is C6H8O3. The summed E-state index contributed by atoms with van der Waals surface area (Å²) in [5.74, 6) is 0.384. The number of furan rings is 1. The Morgan fingerprint density at radius 3 is 1.44 bits per heavy atom. The predicted octanol–water partition coefficient (Wildman–Crippen LogP) is 1.31. The molecule has 2 N–H and O–H groups in total. The van der Waals surface area contributed by atoms with Gasteiger partial charge in [-0.15, -0.1) is 0 Å². The van der Waals surface area contributed by atoms with Gasteiger partial charge in [0, 0.05) is 0 Å². The highest BCUT2D eigenvalue weighted by Gasteiger charge is 2.10. The van der Waals surface area contributed by atoms with E-state index in [-0.39, 0.29) is 11.5 Å². The minimum atomic E-state index is -0.160. The molecule has 1 aromatic rings. The Morgan fingerprint density at radius 2 is 1.33 bits per heavy atom. The maximum absolute atomic E-state index is 8.88. The molecule has 0 saturated carbocycles. The van der Waals surface area contributed by atoms with Gasteiger partial charge >= 0.3 is 0 Å². The third-order valence-electron chi connectivity index (χ3n) is 1.20. The molecule has 0 aliphatic carbocycles. The van der Waals surface area contributed by atoms with E-state index in [0.29, 0.717) is 11.5 Å². The van der Waals surface area contributed by atoms with Crippen LogP contribution in [0.1, 0.15) is 11.5 Å². The van der Waals surface area contributed by atoms with Crippen LogP contribution in [0, 0.1) is 13.8 Å². The van der Waals surface area contributed by atoms with Gasteiger partial charge in [0.25, 0.3) is 0 Å². The van der Waals surface area contributed by atoms with Crippen LogP contribution in [0.5, 0.6) is 11.5 Å². The molecular weight excluding hydrogens is 120 g/mol. The van der Waals surface area contributed by atoms with Gasteiger partial charge in [-0.2, -0.15) is 0 Å². The Bertz CT molecular complexity index is 202. The second-order valence-corrected chi connectivity index (χ2v) is 1.91. The Kier molecular flexibility index (Phi) is 1.12. The standard InChI is InChI=1S/C6H8O3/c1-3-5(7)6(8)4(2)9-3/h7-8H,1-2H3. The number of hydrogen-bond acceptors (Lipinski definition) is 3. The van der Waals surface area contributed by atoms with E-state index in [1.165, 1.54) is 0 Å². The molecule has 1 aromatic heterocycles. The lowest BCUT2D eigenvalue weighted by atomic mass is 10.4. The van der Waals surface area contributed by atoms with Gasteiger partial charge in [-0.05, 0) is 13.8 Å². The smallest absolute Gasteiger partial charge is 0.200 e. The molecule has 0 bridgehead atoms. The SMILES string of the molecule is Cc1oc(C)c(O)c1O. The Balaban J connectivity index is 3.29. The van der Waals surface area contributed by atoms with Gasteiger partial charge in [0.1, 0.15) is 11.5 Å². The molecule has 50 valence electrons. The maximum Gasteiger partial charge on any atom is 0.200 e. The molecule has 0 spiro atoms. The van der Waals surface area contributed by atoms with Crippen LogP contribution in [0.2, 0.25) is 0 Å². The van der Waals surface area contributed by atoms with Crippen LogP contribution in [0.4, 0.5) is 0 Å². The molecule has 3 heteroatoms. The van der Waals surface area contributed by atoms with Crippen molar-refractivity contribution in [2.45, 2.75) is 13.8 Å². The molecule has 0 fully saturated rings. The van der Waals surface area contributed by atoms with Crippen LogP contribution in [0.15, 0.2) is 4.42 Å². The summed E-state index contributed by atoms with van der Waals surface area (Å²) in [7, 11) is 0. The van der Waals surface area contributed by atoms with Gasteiger partial charge in [-0.25, -0.2) is 0 Å². The lowest BCUT2D eigenvalue weighted by Gasteiger charge is -1.83. The maximum atomic E-state index is 8.88. The van der Waals surface area contributed by atoms with Crippen molar-refractivity contribution in [2.75, 3.05) is 0 Å². The minimum absolute atomic E-state index is 0.160. The van der Waals surface area contributed by atoms with Crippen LogP contribution in [0.3, 0.4) is 0 Å². The largest absolute Gasteiger partial charge is 0.502 e. The van der Waals surface area contributed by atoms with Crippen molar-refractivity contribution < 1.29 is 14.6 Å². The van der Waals surface area contributed by atoms with Crippen LogP contribution < -0.4 is 0 Å². The highest BCUT2D eigenvalue weighted by Crippen LogP contribution is 2.33. The average molecular weight is 128 g/mol. The molecule has 0 unspecified atom stereocenters. The summed E-state index contributed by atoms with van der Waals surface area (Å²) in [5, 5.41) is 17.8. The second-order valence-electron chi connectivity index (χ2n) is 1.91. The number of hydrogen-bond donors (Lipinski definition) is 2. The van der Waals surface area contributed by atoms with E-state index < -0.39 is 0 Å². The lowest BCUT2D eigenvalue weighted by Crippen LogP contribution is -1.61. The number of aryl methyl sites for hydroxylation is 2. The Labute approximate surface area is 52.5 Å². The van der Waals surface area contributed by atoms with Crippen LogP contribution in [-0.2, 0) is 0 Å². The zero-order chi connectivity index (χ0) is 7.02. The van der Waals surface area contributed by atoms with E-state index in [1.807, 2.05) is 0 Å². The molecule has 0 saturated heterocycles. The molecule has 1 rings (SSSR count). The first-order valence-electron chi connectivity index (χ1n) is 2.61. The van der Waals surface area contributed by atoms with E-state index in [2.05, 4.69) is 0 Å². The first-order chi connectivity index (χ1) is 4.13. The van der Waals surface area contributed by atoms with Crippen molar-refractivity contribution in [3.63, 3.8) is 0 Å². The molecule has 0 aromatic carbocycles. The van der Waals surface area contributed by atoms with Crippen molar-refractivity contribution >= 4 is 0 Å². The van der Waals surface area contributed by atoms with Crippen LogP contribution in [0.25, 0.3) is 0 Å². The normalized spacial score (nSPS) is 10.0. The molecule has 0 aliphatic heterocycles. The predicted molar refractivity (Wildman–Crippen MR) is 31.5 cm³/mol. The van der Waals surface area contributed by atoms with Crippen molar-refractivity contribution in [1.29, 1.82) is 0 Å². The third kappa shape index (κ3) is 0.740. The first kappa shape index (κ1) is 6.01. The van der Waals surface area contributed by atoms with Gasteiger partial charge in [-0.1, -0.05) is 0 Å². The van der Waals surface area contributed by atoms with Crippen molar-refractivity contribution in [3.8, 4) is 11.5 Å². The molecule has 0 amide bonds. The van der Waals surface area contributed by atoms with Gasteiger partial charge in [0.05, 0.1) is 0 Å². The zero-order valence-corrected chi connectivity index (χ0v) is 5.30.